The van der Waals surface area contributed by atoms with Crippen molar-refractivity contribution in [1.82, 2.24) is 4.37 Å². The van der Waals surface area contributed by atoms with E-state index in [-0.39, 0.29) is 0 Å². The van der Waals surface area contributed by atoms with Crippen molar-refractivity contribution < 1.29 is 0 Å². The van der Waals surface area contributed by atoms with Crippen LogP contribution in [0.1, 0.15) is 30.5 Å². The Morgan fingerprint density at radius 2 is 2.06 bits per heavy atom. The molecule has 3 aliphatic rings. The van der Waals surface area contributed by atoms with Gasteiger partial charge < -0.3 is 5.32 Å². The minimum atomic E-state index is 0.646. The topological polar surface area (TPSA) is 48.7 Å². The van der Waals surface area contributed by atoms with Crippen molar-refractivity contribution in [2.24, 2.45) is 23.7 Å². The first-order chi connectivity index (χ1) is 8.29. The van der Waals surface area contributed by atoms with Gasteiger partial charge in [0.1, 0.15) is 16.6 Å². The molecule has 88 valence electrons. The summed E-state index contributed by atoms with van der Waals surface area (Å²) < 4.78 is 4.27. The van der Waals surface area contributed by atoms with Gasteiger partial charge in [0.15, 0.2) is 0 Å². The van der Waals surface area contributed by atoms with Gasteiger partial charge in [0, 0.05) is 6.04 Å². The average molecular weight is 245 g/mol. The molecule has 3 nitrogen and oxygen atoms in total. The fourth-order valence-electron chi connectivity index (χ4n) is 4.27. The summed E-state index contributed by atoms with van der Waals surface area (Å²) in [7, 11) is 0. The first-order valence-electron chi connectivity index (χ1n) is 6.42. The smallest absolute Gasteiger partial charge is 0.127 e. The van der Waals surface area contributed by atoms with E-state index in [9.17, 15) is 0 Å². The molecule has 17 heavy (non-hydrogen) atoms. The van der Waals surface area contributed by atoms with Crippen molar-refractivity contribution in [2.45, 2.75) is 32.2 Å². The second-order valence-corrected chi connectivity index (χ2v) is 6.52. The summed E-state index contributed by atoms with van der Waals surface area (Å²) >= 11 is 1.45. The summed E-state index contributed by atoms with van der Waals surface area (Å²) in [5, 5.41) is 13.7. The highest BCUT2D eigenvalue weighted by molar-refractivity contribution is 7.10. The maximum absolute atomic E-state index is 9.12. The van der Waals surface area contributed by atoms with Crippen LogP contribution in [0.25, 0.3) is 0 Å². The zero-order valence-electron chi connectivity index (χ0n) is 9.81. The summed E-state index contributed by atoms with van der Waals surface area (Å²) in [5.41, 5.74) is 1.63. The van der Waals surface area contributed by atoms with E-state index in [1.54, 1.807) is 0 Å². The van der Waals surface area contributed by atoms with Gasteiger partial charge in [-0.3, -0.25) is 0 Å². The fourth-order valence-corrected chi connectivity index (χ4v) is 5.06. The fraction of sp³-hybridized carbons (Fsp3) is 0.692. The van der Waals surface area contributed by atoms with E-state index in [1.807, 2.05) is 6.92 Å². The van der Waals surface area contributed by atoms with Crippen LogP contribution in [0.4, 0.5) is 5.00 Å². The van der Waals surface area contributed by atoms with Crippen molar-refractivity contribution in [1.29, 1.82) is 5.26 Å². The van der Waals surface area contributed by atoms with Crippen LogP contribution >= 0.6 is 11.5 Å². The van der Waals surface area contributed by atoms with Crippen molar-refractivity contribution in [3.63, 3.8) is 0 Å². The highest BCUT2D eigenvalue weighted by atomic mass is 32.1. The van der Waals surface area contributed by atoms with Crippen LogP contribution in [0.5, 0.6) is 0 Å². The van der Waals surface area contributed by atoms with Gasteiger partial charge in [-0.25, -0.2) is 0 Å². The number of rotatable bonds is 2. The third-order valence-corrected chi connectivity index (χ3v) is 5.88. The molecule has 3 saturated carbocycles. The molecule has 4 unspecified atom stereocenters. The molecule has 0 aromatic carbocycles. The van der Waals surface area contributed by atoms with Crippen LogP contribution in [0, 0.1) is 41.9 Å². The molecule has 1 aromatic rings. The van der Waals surface area contributed by atoms with E-state index < -0.39 is 0 Å². The van der Waals surface area contributed by atoms with E-state index in [4.69, 9.17) is 5.26 Å². The van der Waals surface area contributed by atoms with Gasteiger partial charge in [0.2, 0.25) is 0 Å². The van der Waals surface area contributed by atoms with Crippen molar-refractivity contribution in [2.75, 3.05) is 5.32 Å². The number of nitriles is 1. The largest absolute Gasteiger partial charge is 0.371 e. The van der Waals surface area contributed by atoms with Crippen LogP contribution in [-0.2, 0) is 0 Å². The first kappa shape index (κ1) is 9.90. The minimum Gasteiger partial charge on any atom is -0.371 e. The van der Waals surface area contributed by atoms with Crippen LogP contribution in [0.2, 0.25) is 0 Å². The molecule has 0 spiro atoms. The summed E-state index contributed by atoms with van der Waals surface area (Å²) in [5.74, 6) is 3.76. The zero-order chi connectivity index (χ0) is 11.6. The Kier molecular flexibility index (Phi) is 1.88. The number of aromatic nitrogens is 1. The molecule has 0 radical (unpaired) electrons. The maximum atomic E-state index is 9.12. The minimum absolute atomic E-state index is 0.646. The predicted octanol–water partition coefficient (Wildman–Crippen LogP) is 2.78. The van der Waals surface area contributed by atoms with Crippen molar-refractivity contribution >= 4 is 16.5 Å². The molecule has 2 bridgehead atoms. The molecule has 0 aliphatic heterocycles. The Labute approximate surface area is 105 Å². The molecule has 4 atom stereocenters. The Bertz CT molecular complexity index is 499. The molecule has 4 heteroatoms. The lowest BCUT2D eigenvalue weighted by atomic mass is 10.0. The third-order valence-electron chi connectivity index (χ3n) is 5.01. The van der Waals surface area contributed by atoms with E-state index in [0.717, 1.165) is 39.9 Å². The Balaban J connectivity index is 1.55. The lowest BCUT2D eigenvalue weighted by molar-refractivity contribution is 0.456. The molecule has 0 saturated heterocycles. The van der Waals surface area contributed by atoms with Crippen LogP contribution in [0.3, 0.4) is 0 Å². The van der Waals surface area contributed by atoms with Gasteiger partial charge in [-0.05, 0) is 61.4 Å². The summed E-state index contributed by atoms with van der Waals surface area (Å²) in [6, 6.07) is 2.91. The monoisotopic (exact) mass is 245 g/mol. The summed E-state index contributed by atoms with van der Waals surface area (Å²) in [4.78, 5) is 0. The van der Waals surface area contributed by atoms with Gasteiger partial charge in [-0.15, -0.1) is 0 Å². The van der Waals surface area contributed by atoms with Crippen LogP contribution in [-0.4, -0.2) is 10.4 Å². The van der Waals surface area contributed by atoms with E-state index in [0.29, 0.717) is 6.04 Å². The molecular weight excluding hydrogens is 230 g/mol. The number of aryl methyl sites for hydroxylation is 1. The lowest BCUT2D eigenvalue weighted by Crippen LogP contribution is -2.12. The quantitative estimate of drug-likeness (QED) is 0.871. The Morgan fingerprint density at radius 3 is 2.71 bits per heavy atom. The molecule has 3 fully saturated rings. The maximum Gasteiger partial charge on any atom is 0.127 e. The van der Waals surface area contributed by atoms with E-state index >= 15 is 0 Å². The molecule has 1 N–H and O–H groups in total. The predicted molar refractivity (Wildman–Crippen MR) is 66.8 cm³/mol. The van der Waals surface area contributed by atoms with Crippen molar-refractivity contribution in [3.05, 3.63) is 11.3 Å². The second kappa shape index (κ2) is 3.23. The summed E-state index contributed by atoms with van der Waals surface area (Å²) in [6.45, 7) is 1.91. The molecule has 1 heterocycles. The van der Waals surface area contributed by atoms with Crippen LogP contribution < -0.4 is 5.32 Å². The number of hydrogen-bond acceptors (Lipinski definition) is 4. The second-order valence-electron chi connectivity index (χ2n) is 5.74. The Morgan fingerprint density at radius 1 is 1.35 bits per heavy atom. The first-order valence-corrected chi connectivity index (χ1v) is 7.20. The van der Waals surface area contributed by atoms with Crippen LogP contribution in [0.15, 0.2) is 0 Å². The highest BCUT2D eigenvalue weighted by Gasteiger charge is 2.65. The number of hydrogen-bond donors (Lipinski definition) is 1. The summed E-state index contributed by atoms with van der Waals surface area (Å²) in [6.07, 6.45) is 4.36. The number of fused-ring (bicyclic) bond motifs is 5. The van der Waals surface area contributed by atoms with Gasteiger partial charge in [0.25, 0.3) is 0 Å². The average Bonchev–Trinajstić information content (AvgIpc) is 2.71. The standard InChI is InChI=1S/C13H15N3S/c1-6-9(5-14)13(17-16-6)15-12-10-7-2-3-8(4-7)11(10)12/h7-8,10-12,15H,2-4H2,1H3. The molecule has 1 aromatic heterocycles. The van der Waals surface area contributed by atoms with E-state index in [1.165, 1.54) is 30.8 Å². The van der Waals surface area contributed by atoms with Gasteiger partial charge in [-0.2, -0.15) is 9.64 Å². The van der Waals surface area contributed by atoms with Gasteiger partial charge in [0.05, 0.1) is 5.69 Å². The zero-order valence-corrected chi connectivity index (χ0v) is 10.6. The number of anilines is 1. The molecule has 3 aliphatic carbocycles. The molecule has 0 amide bonds. The normalized spacial score (nSPS) is 41.1. The SMILES string of the molecule is Cc1nsc(NC2C3C4CCC(C4)C23)c1C#N. The Hall–Kier alpha value is -1.08. The third kappa shape index (κ3) is 1.23. The number of nitrogens with one attached hydrogen (secondary N) is 1. The van der Waals surface area contributed by atoms with Gasteiger partial charge >= 0.3 is 0 Å². The van der Waals surface area contributed by atoms with E-state index in [2.05, 4.69) is 15.8 Å². The van der Waals surface area contributed by atoms with Gasteiger partial charge in [-0.1, -0.05) is 0 Å². The molecular formula is C13H15N3S. The lowest BCUT2D eigenvalue weighted by Gasteiger charge is -2.10. The molecule has 4 rings (SSSR count). The highest BCUT2D eigenvalue weighted by Crippen LogP contribution is 2.66. The number of nitrogens with zero attached hydrogens (tertiary/aromatic N) is 2. The van der Waals surface area contributed by atoms with Crippen molar-refractivity contribution in [3.8, 4) is 6.07 Å².